The Bertz CT molecular complexity index is 800. The molecular formula is C14H12F3N3O3. The smallest absolute Gasteiger partial charge is 0.416 e. The van der Waals surface area contributed by atoms with Crippen LogP contribution < -0.4 is 10.3 Å². The van der Waals surface area contributed by atoms with Crippen molar-refractivity contribution in [1.82, 2.24) is 9.78 Å². The molecule has 1 heterocycles. The molecule has 2 aromatic rings. The minimum absolute atomic E-state index is 0.00919. The van der Waals surface area contributed by atoms with Crippen LogP contribution in [0.3, 0.4) is 0 Å². The molecule has 0 aliphatic rings. The maximum atomic E-state index is 12.8. The van der Waals surface area contributed by atoms with Crippen molar-refractivity contribution < 1.29 is 22.6 Å². The van der Waals surface area contributed by atoms with Crippen molar-refractivity contribution in [2.24, 2.45) is 0 Å². The van der Waals surface area contributed by atoms with Crippen LogP contribution in [0.4, 0.5) is 13.2 Å². The SMILES string of the molecule is COC(=N)c1nn(-c2cccc(C(F)(F)F)c2)c(=O)cc1OC. The molecule has 2 rings (SSSR count). The highest BCUT2D eigenvalue weighted by atomic mass is 19.4. The molecule has 23 heavy (non-hydrogen) atoms. The second kappa shape index (κ2) is 6.11. The van der Waals surface area contributed by atoms with E-state index < -0.39 is 17.3 Å². The van der Waals surface area contributed by atoms with Gasteiger partial charge in [0.05, 0.1) is 31.5 Å². The van der Waals surface area contributed by atoms with E-state index in [9.17, 15) is 18.0 Å². The average Bonchev–Trinajstić information content (AvgIpc) is 2.53. The van der Waals surface area contributed by atoms with E-state index in [1.165, 1.54) is 20.3 Å². The normalized spacial score (nSPS) is 11.2. The van der Waals surface area contributed by atoms with Crippen molar-refractivity contribution >= 4 is 5.90 Å². The monoisotopic (exact) mass is 327 g/mol. The molecule has 0 aliphatic carbocycles. The van der Waals surface area contributed by atoms with Crippen molar-refractivity contribution in [2.45, 2.75) is 6.18 Å². The van der Waals surface area contributed by atoms with Crippen LogP contribution in [0.25, 0.3) is 5.69 Å². The summed E-state index contributed by atoms with van der Waals surface area (Å²) in [5.41, 5.74) is -1.80. The van der Waals surface area contributed by atoms with E-state index in [0.29, 0.717) is 0 Å². The van der Waals surface area contributed by atoms with Crippen molar-refractivity contribution in [3.05, 3.63) is 51.9 Å². The first-order valence-electron chi connectivity index (χ1n) is 6.27. The fourth-order valence-corrected chi connectivity index (χ4v) is 1.85. The number of nitrogens with zero attached hydrogens (tertiary/aromatic N) is 2. The number of methoxy groups -OCH3 is 2. The fraction of sp³-hybridized carbons (Fsp3) is 0.214. The summed E-state index contributed by atoms with van der Waals surface area (Å²) in [7, 11) is 2.50. The second-order valence-electron chi connectivity index (χ2n) is 4.39. The molecule has 1 aromatic carbocycles. The van der Waals surface area contributed by atoms with Crippen LogP contribution in [-0.4, -0.2) is 29.9 Å². The first kappa shape index (κ1) is 16.5. The highest BCUT2D eigenvalue weighted by Gasteiger charge is 2.30. The van der Waals surface area contributed by atoms with Crippen LogP contribution >= 0.6 is 0 Å². The van der Waals surface area contributed by atoms with Gasteiger partial charge >= 0.3 is 6.18 Å². The van der Waals surface area contributed by atoms with Crippen LogP contribution in [0.2, 0.25) is 0 Å². The number of nitrogens with one attached hydrogen (secondary N) is 1. The van der Waals surface area contributed by atoms with Gasteiger partial charge < -0.3 is 9.47 Å². The Kier molecular flexibility index (Phi) is 4.39. The highest BCUT2D eigenvalue weighted by Crippen LogP contribution is 2.30. The van der Waals surface area contributed by atoms with Gasteiger partial charge in [-0.15, -0.1) is 0 Å². The summed E-state index contributed by atoms with van der Waals surface area (Å²) in [5, 5.41) is 11.5. The fourth-order valence-electron chi connectivity index (χ4n) is 1.85. The Morgan fingerprint density at radius 1 is 1.26 bits per heavy atom. The lowest BCUT2D eigenvalue weighted by Crippen LogP contribution is -2.24. The summed E-state index contributed by atoms with van der Waals surface area (Å²) in [6, 6.07) is 5.17. The Morgan fingerprint density at radius 3 is 2.52 bits per heavy atom. The highest BCUT2D eigenvalue weighted by molar-refractivity contribution is 5.92. The number of hydrogen-bond donors (Lipinski definition) is 1. The van der Waals surface area contributed by atoms with E-state index in [1.54, 1.807) is 0 Å². The van der Waals surface area contributed by atoms with Crippen molar-refractivity contribution in [2.75, 3.05) is 14.2 Å². The van der Waals surface area contributed by atoms with E-state index in [-0.39, 0.29) is 23.0 Å². The Balaban J connectivity index is 2.65. The third kappa shape index (κ3) is 3.33. The lowest BCUT2D eigenvalue weighted by atomic mass is 10.2. The largest absolute Gasteiger partial charge is 0.494 e. The van der Waals surface area contributed by atoms with Gasteiger partial charge in [0.2, 0.25) is 5.90 Å². The molecule has 1 aromatic heterocycles. The van der Waals surface area contributed by atoms with E-state index >= 15 is 0 Å². The Hall–Kier alpha value is -2.84. The number of halogens is 3. The summed E-state index contributed by atoms with van der Waals surface area (Å²) >= 11 is 0. The molecular weight excluding hydrogens is 315 g/mol. The quantitative estimate of drug-likeness (QED) is 0.693. The van der Waals surface area contributed by atoms with E-state index in [2.05, 4.69) is 5.10 Å². The zero-order valence-corrected chi connectivity index (χ0v) is 12.1. The minimum atomic E-state index is -4.55. The molecule has 0 saturated heterocycles. The van der Waals surface area contributed by atoms with Gasteiger partial charge in [-0.1, -0.05) is 6.07 Å². The van der Waals surface area contributed by atoms with Crippen molar-refractivity contribution in [1.29, 1.82) is 5.41 Å². The number of ether oxygens (including phenoxy) is 2. The predicted octanol–water partition coefficient (Wildman–Crippen LogP) is 2.23. The number of benzene rings is 1. The van der Waals surface area contributed by atoms with E-state index in [1.807, 2.05) is 0 Å². The molecule has 0 spiro atoms. The van der Waals surface area contributed by atoms with E-state index in [4.69, 9.17) is 14.9 Å². The molecule has 9 heteroatoms. The standard InChI is InChI=1S/C14H12F3N3O3/c1-22-10-7-11(21)20(19-12(10)13(18)23-2)9-5-3-4-8(6-9)14(15,16)17/h3-7,18H,1-2H3. The molecule has 0 fully saturated rings. The van der Waals surface area contributed by atoms with Gasteiger partial charge in [-0.05, 0) is 18.2 Å². The van der Waals surface area contributed by atoms with Crippen LogP contribution in [0.15, 0.2) is 35.1 Å². The minimum Gasteiger partial charge on any atom is -0.494 e. The molecule has 122 valence electrons. The van der Waals surface area contributed by atoms with Gasteiger partial charge in [0, 0.05) is 0 Å². The zero-order valence-electron chi connectivity index (χ0n) is 12.1. The molecule has 6 nitrogen and oxygen atoms in total. The van der Waals surface area contributed by atoms with Crippen LogP contribution in [0, 0.1) is 5.41 Å². The maximum absolute atomic E-state index is 12.8. The van der Waals surface area contributed by atoms with Gasteiger partial charge in [0.25, 0.3) is 5.56 Å². The summed E-state index contributed by atoms with van der Waals surface area (Å²) < 4.78 is 48.8. The lowest BCUT2D eigenvalue weighted by Gasteiger charge is -2.12. The maximum Gasteiger partial charge on any atom is 0.416 e. The predicted molar refractivity (Wildman–Crippen MR) is 75.2 cm³/mol. The third-order valence-electron chi connectivity index (χ3n) is 2.95. The third-order valence-corrected chi connectivity index (χ3v) is 2.95. The zero-order chi connectivity index (χ0) is 17.2. The van der Waals surface area contributed by atoms with Gasteiger partial charge in [0.15, 0.2) is 11.4 Å². The van der Waals surface area contributed by atoms with Gasteiger partial charge in [0.1, 0.15) is 0 Å². The second-order valence-corrected chi connectivity index (χ2v) is 4.39. The van der Waals surface area contributed by atoms with Crippen molar-refractivity contribution in [3.8, 4) is 11.4 Å². The number of rotatable bonds is 3. The van der Waals surface area contributed by atoms with Crippen molar-refractivity contribution in [3.63, 3.8) is 0 Å². The van der Waals surface area contributed by atoms with Gasteiger partial charge in [-0.2, -0.15) is 23.0 Å². The number of hydrogen-bond acceptors (Lipinski definition) is 5. The topological polar surface area (TPSA) is 77.2 Å². The average molecular weight is 327 g/mol. The molecule has 0 aliphatic heterocycles. The Labute approximate surface area is 128 Å². The van der Waals surface area contributed by atoms with Crippen LogP contribution in [-0.2, 0) is 10.9 Å². The number of alkyl halides is 3. The van der Waals surface area contributed by atoms with E-state index in [0.717, 1.165) is 28.9 Å². The molecule has 1 N–H and O–H groups in total. The summed E-state index contributed by atoms with van der Waals surface area (Å²) in [4.78, 5) is 12.1. The molecule has 0 amide bonds. The molecule has 0 saturated carbocycles. The van der Waals surface area contributed by atoms with Crippen LogP contribution in [0.1, 0.15) is 11.3 Å². The summed E-state index contributed by atoms with van der Waals surface area (Å²) in [6.45, 7) is 0. The lowest BCUT2D eigenvalue weighted by molar-refractivity contribution is -0.137. The summed E-state index contributed by atoms with van der Waals surface area (Å²) in [6.07, 6.45) is -4.55. The summed E-state index contributed by atoms with van der Waals surface area (Å²) in [5.74, 6) is -0.396. The Morgan fingerprint density at radius 2 is 1.96 bits per heavy atom. The molecule has 0 bridgehead atoms. The first-order valence-corrected chi connectivity index (χ1v) is 6.27. The van der Waals surface area contributed by atoms with Crippen LogP contribution in [0.5, 0.6) is 5.75 Å². The van der Waals surface area contributed by atoms with Gasteiger partial charge in [-0.25, -0.2) is 0 Å². The molecule has 0 atom stereocenters. The molecule has 0 radical (unpaired) electrons. The van der Waals surface area contributed by atoms with Gasteiger partial charge in [-0.3, -0.25) is 10.2 Å². The first-order chi connectivity index (χ1) is 10.8. The molecule has 0 unspecified atom stereocenters. The number of aromatic nitrogens is 2.